The molecule has 0 bridgehead atoms. The molecule has 0 atom stereocenters. The molecule has 1 fully saturated rings. The van der Waals surface area contributed by atoms with Gasteiger partial charge in [-0.1, -0.05) is 69.3 Å². The lowest BCUT2D eigenvalue weighted by atomic mass is 9.94. The molecular weight excluding hydrogens is 228 g/mol. The van der Waals surface area contributed by atoms with Gasteiger partial charge in [-0.05, 0) is 46.4 Å². The van der Waals surface area contributed by atoms with Crippen molar-refractivity contribution in [2.24, 2.45) is 0 Å². The van der Waals surface area contributed by atoms with Gasteiger partial charge < -0.3 is 0 Å². The van der Waals surface area contributed by atoms with E-state index in [-0.39, 0.29) is 0 Å². The maximum absolute atomic E-state index is 2.36. The van der Waals surface area contributed by atoms with Gasteiger partial charge in [0.25, 0.3) is 0 Å². The quantitative estimate of drug-likeness (QED) is 0.672. The van der Waals surface area contributed by atoms with Crippen LogP contribution in [-0.4, -0.2) is 0 Å². The zero-order valence-electron chi connectivity index (χ0n) is 12.1. The maximum atomic E-state index is 2.36. The van der Waals surface area contributed by atoms with Crippen LogP contribution in [0.3, 0.4) is 0 Å². The van der Waals surface area contributed by atoms with Gasteiger partial charge in [-0.25, -0.2) is 0 Å². The van der Waals surface area contributed by atoms with Crippen LogP contribution in [0, 0.1) is 0 Å². The van der Waals surface area contributed by atoms with Crippen LogP contribution in [0.4, 0.5) is 0 Å². The van der Waals surface area contributed by atoms with Gasteiger partial charge in [-0.3, -0.25) is 0 Å². The maximum Gasteiger partial charge on any atom is -0.00746 e. The van der Waals surface area contributed by atoms with Crippen molar-refractivity contribution < 1.29 is 0 Å². The van der Waals surface area contributed by atoms with Crippen LogP contribution in [0.2, 0.25) is 0 Å². The van der Waals surface area contributed by atoms with E-state index in [0.717, 1.165) is 0 Å². The summed E-state index contributed by atoms with van der Waals surface area (Å²) < 4.78 is 0. The molecule has 0 saturated heterocycles. The Morgan fingerprint density at radius 1 is 0.895 bits per heavy atom. The van der Waals surface area contributed by atoms with E-state index in [9.17, 15) is 0 Å². The third kappa shape index (κ3) is 2.45. The number of rotatable bonds is 3. The lowest BCUT2D eigenvalue weighted by Crippen LogP contribution is -1.98. The van der Waals surface area contributed by atoms with Crippen LogP contribution in [0.25, 0.3) is 11.1 Å². The summed E-state index contributed by atoms with van der Waals surface area (Å²) in [4.78, 5) is 0. The van der Waals surface area contributed by atoms with Crippen molar-refractivity contribution in [1.82, 2.24) is 0 Å². The average Bonchev–Trinajstić information content (AvgIpc) is 3.18. The van der Waals surface area contributed by atoms with Crippen LogP contribution < -0.4 is 0 Å². The van der Waals surface area contributed by atoms with E-state index >= 15 is 0 Å². The lowest BCUT2D eigenvalue weighted by molar-refractivity contribution is 0.788. The normalized spacial score (nSPS) is 16.6. The molecule has 0 heteroatoms. The molecule has 3 rings (SSSR count). The number of hydrogen-bond acceptors (Lipinski definition) is 0. The smallest absolute Gasteiger partial charge is 0.00746 e. The van der Waals surface area contributed by atoms with Crippen LogP contribution in [0.5, 0.6) is 0 Å². The Morgan fingerprint density at radius 2 is 1.58 bits per heavy atom. The zero-order valence-corrected chi connectivity index (χ0v) is 12.1. The van der Waals surface area contributed by atoms with Crippen molar-refractivity contribution in [2.45, 2.75) is 44.9 Å². The Morgan fingerprint density at radius 3 is 2.16 bits per heavy atom. The van der Waals surface area contributed by atoms with Crippen LogP contribution >= 0.6 is 0 Å². The van der Waals surface area contributed by atoms with Crippen molar-refractivity contribution >= 4 is 0 Å². The minimum absolute atomic E-state index is 0.471. The molecular formula is C19H22. The van der Waals surface area contributed by atoms with E-state index in [2.05, 4.69) is 69.3 Å². The van der Waals surface area contributed by atoms with Gasteiger partial charge in [0, 0.05) is 0 Å². The molecule has 1 aliphatic carbocycles. The summed E-state index contributed by atoms with van der Waals surface area (Å²) in [7, 11) is 0. The van der Waals surface area contributed by atoms with Crippen molar-refractivity contribution in [3.8, 4) is 11.1 Å². The first-order valence-corrected chi connectivity index (χ1v) is 7.29. The molecule has 0 heterocycles. The van der Waals surface area contributed by atoms with E-state index in [0.29, 0.717) is 11.3 Å². The van der Waals surface area contributed by atoms with Gasteiger partial charge in [0.1, 0.15) is 0 Å². The monoisotopic (exact) mass is 250 g/mol. The van der Waals surface area contributed by atoms with Crippen molar-refractivity contribution in [3.63, 3.8) is 0 Å². The highest BCUT2D eigenvalue weighted by Crippen LogP contribution is 2.47. The van der Waals surface area contributed by atoms with Gasteiger partial charge in [0.2, 0.25) is 0 Å². The fourth-order valence-electron chi connectivity index (χ4n) is 2.62. The van der Waals surface area contributed by atoms with Gasteiger partial charge in [-0.2, -0.15) is 0 Å². The summed E-state index contributed by atoms with van der Waals surface area (Å²) in [5.41, 5.74) is 6.04. The van der Waals surface area contributed by atoms with Crippen LogP contribution in [0.15, 0.2) is 48.5 Å². The third-order valence-corrected chi connectivity index (χ3v) is 4.47. The van der Waals surface area contributed by atoms with Crippen LogP contribution in [0.1, 0.15) is 50.7 Å². The van der Waals surface area contributed by atoms with E-state index in [1.165, 1.54) is 35.1 Å². The summed E-state index contributed by atoms with van der Waals surface area (Å²) >= 11 is 0. The van der Waals surface area contributed by atoms with Crippen molar-refractivity contribution in [2.75, 3.05) is 0 Å². The second kappa shape index (κ2) is 4.52. The standard InChI is InChI=1S/C19H22/c1-14(2)16-5-4-6-17(13-16)15-7-9-18(10-8-15)19(3)11-12-19/h4-10,13-14H,11-12H2,1-3H3. The molecule has 1 aliphatic rings. The molecule has 0 nitrogen and oxygen atoms in total. The second-order valence-electron chi connectivity index (χ2n) is 6.42. The summed E-state index contributed by atoms with van der Waals surface area (Å²) in [6.45, 7) is 6.85. The van der Waals surface area contributed by atoms with Gasteiger partial charge in [-0.15, -0.1) is 0 Å². The summed E-state index contributed by atoms with van der Waals surface area (Å²) in [6, 6.07) is 18.1. The molecule has 0 aliphatic heterocycles. The highest BCUT2D eigenvalue weighted by atomic mass is 14.4. The second-order valence-corrected chi connectivity index (χ2v) is 6.42. The molecule has 0 unspecified atom stereocenters. The molecule has 0 aromatic heterocycles. The Labute approximate surface area is 116 Å². The predicted octanol–water partition coefficient (Wildman–Crippen LogP) is 5.53. The summed E-state index contributed by atoms with van der Waals surface area (Å²) in [6.07, 6.45) is 2.68. The van der Waals surface area contributed by atoms with Crippen molar-refractivity contribution in [1.29, 1.82) is 0 Å². The van der Waals surface area contributed by atoms with E-state index in [4.69, 9.17) is 0 Å². The minimum Gasteiger partial charge on any atom is -0.0614 e. The first kappa shape index (κ1) is 12.5. The van der Waals surface area contributed by atoms with E-state index in [1.807, 2.05) is 0 Å². The molecule has 0 N–H and O–H groups in total. The third-order valence-electron chi connectivity index (χ3n) is 4.47. The van der Waals surface area contributed by atoms with Gasteiger partial charge in [0.05, 0.1) is 0 Å². The zero-order chi connectivity index (χ0) is 13.5. The van der Waals surface area contributed by atoms with E-state index in [1.54, 1.807) is 0 Å². The Hall–Kier alpha value is -1.56. The fourth-order valence-corrected chi connectivity index (χ4v) is 2.62. The summed E-state index contributed by atoms with van der Waals surface area (Å²) in [5, 5.41) is 0. The first-order chi connectivity index (χ1) is 9.08. The van der Waals surface area contributed by atoms with Gasteiger partial charge >= 0.3 is 0 Å². The molecule has 0 amide bonds. The predicted molar refractivity (Wildman–Crippen MR) is 82.6 cm³/mol. The lowest BCUT2D eigenvalue weighted by Gasteiger charge is -2.11. The molecule has 0 spiro atoms. The molecule has 98 valence electrons. The molecule has 1 saturated carbocycles. The highest BCUT2D eigenvalue weighted by molar-refractivity contribution is 5.65. The largest absolute Gasteiger partial charge is 0.0614 e. The minimum atomic E-state index is 0.471. The Kier molecular flexibility index (Phi) is 2.97. The molecule has 2 aromatic rings. The molecule has 2 aromatic carbocycles. The molecule has 0 radical (unpaired) electrons. The number of benzene rings is 2. The van der Waals surface area contributed by atoms with Crippen molar-refractivity contribution in [3.05, 3.63) is 59.7 Å². The molecule has 19 heavy (non-hydrogen) atoms. The Bertz CT molecular complexity index is 571. The number of hydrogen-bond donors (Lipinski definition) is 0. The van der Waals surface area contributed by atoms with Gasteiger partial charge in [0.15, 0.2) is 0 Å². The first-order valence-electron chi connectivity index (χ1n) is 7.29. The highest BCUT2D eigenvalue weighted by Gasteiger charge is 2.38. The summed E-state index contributed by atoms with van der Waals surface area (Å²) in [5.74, 6) is 0.588. The van der Waals surface area contributed by atoms with Crippen LogP contribution in [-0.2, 0) is 5.41 Å². The fraction of sp³-hybridized carbons (Fsp3) is 0.368. The Balaban J connectivity index is 1.91. The SMILES string of the molecule is CC(C)c1cccc(-c2ccc(C3(C)CC3)cc2)c1. The van der Waals surface area contributed by atoms with E-state index < -0.39 is 0 Å². The average molecular weight is 250 g/mol. The topological polar surface area (TPSA) is 0 Å².